The van der Waals surface area contributed by atoms with E-state index in [1.807, 2.05) is 6.07 Å². The molecule has 5 nitrogen and oxygen atoms in total. The molecule has 1 saturated heterocycles. The van der Waals surface area contributed by atoms with Gasteiger partial charge < -0.3 is 4.74 Å². The van der Waals surface area contributed by atoms with Gasteiger partial charge in [-0.2, -0.15) is 4.40 Å². The number of hydrogen-bond acceptors (Lipinski definition) is 3. The van der Waals surface area contributed by atoms with Crippen molar-refractivity contribution < 1.29 is 9.14 Å². The molecule has 0 saturated carbocycles. The smallest absolute Gasteiger partial charge is 0.258 e. The van der Waals surface area contributed by atoms with Gasteiger partial charge in [0.05, 0.1) is 25.1 Å². The van der Waals surface area contributed by atoms with Crippen LogP contribution in [0.3, 0.4) is 0 Å². The number of H-pyrrole nitrogens is 1. The van der Waals surface area contributed by atoms with Crippen molar-refractivity contribution in [1.29, 1.82) is 0 Å². The number of imidazole rings is 1. The highest BCUT2D eigenvalue weighted by Gasteiger charge is 2.22. The molecular weight excluding hydrogens is 300 g/mol. The largest absolute Gasteiger partial charge is 0.379 e. The lowest BCUT2D eigenvalue weighted by Gasteiger charge is -2.25. The summed E-state index contributed by atoms with van der Waals surface area (Å²) in [5.74, 6) is 1.07. The third-order valence-corrected chi connectivity index (χ3v) is 4.76. The lowest BCUT2D eigenvalue weighted by Crippen LogP contribution is -2.40. The van der Waals surface area contributed by atoms with E-state index in [9.17, 15) is 0 Å². The highest BCUT2D eigenvalue weighted by atomic mass is 16.5. The molecule has 0 spiro atoms. The summed E-state index contributed by atoms with van der Waals surface area (Å²) in [5.41, 5.74) is 4.46. The SMILES string of the molecule is c1ccc2c(c1)nc(CN1CCOCC1)[n+]1c3ccccc3[nH]c21. The van der Waals surface area contributed by atoms with Crippen molar-refractivity contribution in [2.75, 3.05) is 26.3 Å². The molecule has 1 aliphatic heterocycles. The monoisotopic (exact) mass is 319 g/mol. The van der Waals surface area contributed by atoms with Crippen LogP contribution >= 0.6 is 0 Å². The van der Waals surface area contributed by atoms with Crippen LogP contribution in [0.4, 0.5) is 0 Å². The van der Waals surface area contributed by atoms with Gasteiger partial charge in [0.15, 0.2) is 5.52 Å². The van der Waals surface area contributed by atoms with Crippen molar-refractivity contribution in [2.45, 2.75) is 6.54 Å². The molecule has 5 rings (SSSR count). The zero-order chi connectivity index (χ0) is 15.9. The number of nitrogens with zero attached hydrogens (tertiary/aromatic N) is 3. The molecule has 1 aliphatic rings. The van der Waals surface area contributed by atoms with Gasteiger partial charge in [-0.3, -0.25) is 9.88 Å². The molecule has 0 amide bonds. The summed E-state index contributed by atoms with van der Waals surface area (Å²) in [6, 6.07) is 16.7. The summed E-state index contributed by atoms with van der Waals surface area (Å²) in [7, 11) is 0. The van der Waals surface area contributed by atoms with Crippen molar-refractivity contribution >= 4 is 27.6 Å². The second kappa shape index (κ2) is 5.54. The van der Waals surface area contributed by atoms with Gasteiger partial charge in [-0.1, -0.05) is 24.3 Å². The number of nitrogens with one attached hydrogen (secondary N) is 1. The fourth-order valence-electron chi connectivity index (χ4n) is 3.56. The number of aromatic nitrogens is 3. The Labute approximate surface area is 139 Å². The van der Waals surface area contributed by atoms with Gasteiger partial charge in [-0.15, -0.1) is 4.98 Å². The maximum absolute atomic E-state index is 5.48. The second-order valence-corrected chi connectivity index (χ2v) is 6.26. The van der Waals surface area contributed by atoms with Gasteiger partial charge in [0.2, 0.25) is 5.65 Å². The van der Waals surface area contributed by atoms with Crippen molar-refractivity contribution in [3.8, 4) is 0 Å². The van der Waals surface area contributed by atoms with Crippen LogP contribution in [0.15, 0.2) is 48.5 Å². The molecule has 1 fully saturated rings. The molecule has 120 valence electrons. The minimum absolute atomic E-state index is 0.801. The molecule has 2 aromatic carbocycles. The predicted molar refractivity (Wildman–Crippen MR) is 92.9 cm³/mol. The first-order valence-electron chi connectivity index (χ1n) is 8.40. The Bertz CT molecular complexity index is 1030. The summed E-state index contributed by atoms with van der Waals surface area (Å²) < 4.78 is 7.75. The second-order valence-electron chi connectivity index (χ2n) is 6.26. The zero-order valence-corrected chi connectivity index (χ0v) is 13.4. The van der Waals surface area contributed by atoms with Gasteiger partial charge in [-0.25, -0.2) is 0 Å². The van der Waals surface area contributed by atoms with E-state index in [1.165, 1.54) is 5.52 Å². The first-order valence-corrected chi connectivity index (χ1v) is 8.40. The summed E-state index contributed by atoms with van der Waals surface area (Å²) in [6.07, 6.45) is 0. The maximum atomic E-state index is 5.48. The third kappa shape index (κ3) is 2.17. The van der Waals surface area contributed by atoms with Gasteiger partial charge >= 0.3 is 0 Å². The highest BCUT2D eigenvalue weighted by Crippen LogP contribution is 2.19. The topological polar surface area (TPSA) is 45.2 Å². The number of ether oxygens (including phenoxy) is 1. The van der Waals surface area contributed by atoms with E-state index in [2.05, 4.69) is 56.7 Å². The number of benzene rings is 2. The third-order valence-electron chi connectivity index (χ3n) is 4.76. The van der Waals surface area contributed by atoms with Gasteiger partial charge in [0, 0.05) is 13.1 Å². The molecule has 0 bridgehead atoms. The molecule has 1 N–H and O–H groups in total. The summed E-state index contributed by atoms with van der Waals surface area (Å²) in [4.78, 5) is 11.0. The molecule has 4 aromatic rings. The first-order chi connectivity index (χ1) is 11.9. The molecule has 5 heteroatoms. The summed E-state index contributed by atoms with van der Waals surface area (Å²) in [5, 5.41) is 1.15. The van der Waals surface area contributed by atoms with Crippen LogP contribution in [0.2, 0.25) is 0 Å². The quantitative estimate of drug-likeness (QED) is 0.577. The molecular formula is C19H19N4O+. The van der Waals surface area contributed by atoms with Gasteiger partial charge in [0.25, 0.3) is 5.82 Å². The Balaban J connectivity index is 1.79. The normalized spacial score (nSPS) is 16.3. The molecule has 3 heterocycles. The van der Waals surface area contributed by atoms with E-state index in [4.69, 9.17) is 9.72 Å². The van der Waals surface area contributed by atoms with Crippen LogP contribution in [0.5, 0.6) is 0 Å². The van der Waals surface area contributed by atoms with Crippen molar-refractivity contribution in [2.24, 2.45) is 0 Å². The standard InChI is InChI=1S/C19H18N4O/c1-2-6-15-14(5-1)19-21-16-7-3-4-8-17(16)23(19)18(20-15)13-22-9-11-24-12-10-22/h1-8H,9-13H2/p+1. The number of aromatic amines is 1. The van der Waals surface area contributed by atoms with Gasteiger partial charge in [-0.05, 0) is 24.3 Å². The van der Waals surface area contributed by atoms with Gasteiger partial charge in [0.1, 0.15) is 11.0 Å². The summed E-state index contributed by atoms with van der Waals surface area (Å²) in [6.45, 7) is 4.35. The molecule has 2 aromatic heterocycles. The van der Waals surface area contributed by atoms with E-state index in [0.29, 0.717) is 0 Å². The number of fused-ring (bicyclic) bond motifs is 5. The fraction of sp³-hybridized carbons (Fsp3) is 0.263. The van der Waals surface area contributed by atoms with Crippen LogP contribution in [-0.2, 0) is 11.3 Å². The Kier molecular flexibility index (Phi) is 3.21. The van der Waals surface area contributed by atoms with E-state index in [-0.39, 0.29) is 0 Å². The molecule has 0 unspecified atom stereocenters. The van der Waals surface area contributed by atoms with Crippen molar-refractivity contribution in [3.05, 3.63) is 54.4 Å². The van der Waals surface area contributed by atoms with Crippen LogP contribution in [0.1, 0.15) is 5.82 Å². The van der Waals surface area contributed by atoms with E-state index < -0.39 is 0 Å². The average Bonchev–Trinajstić information content (AvgIpc) is 3.03. The van der Waals surface area contributed by atoms with Crippen LogP contribution < -0.4 is 4.40 Å². The molecule has 24 heavy (non-hydrogen) atoms. The Hall–Kier alpha value is -2.50. The Morgan fingerprint density at radius 2 is 1.83 bits per heavy atom. The highest BCUT2D eigenvalue weighted by molar-refractivity contribution is 5.91. The average molecular weight is 319 g/mol. The lowest BCUT2D eigenvalue weighted by molar-refractivity contribution is -0.496. The van der Waals surface area contributed by atoms with E-state index >= 15 is 0 Å². The number of rotatable bonds is 2. The first kappa shape index (κ1) is 13.9. The van der Waals surface area contributed by atoms with E-state index in [0.717, 1.165) is 60.7 Å². The fourth-order valence-corrected chi connectivity index (χ4v) is 3.56. The maximum Gasteiger partial charge on any atom is 0.258 e. The predicted octanol–water partition coefficient (Wildman–Crippen LogP) is 2.29. The van der Waals surface area contributed by atoms with Crippen LogP contribution in [0, 0.1) is 0 Å². The zero-order valence-electron chi connectivity index (χ0n) is 13.4. The minimum atomic E-state index is 0.801. The minimum Gasteiger partial charge on any atom is -0.379 e. The number of morpholine rings is 1. The van der Waals surface area contributed by atoms with Crippen LogP contribution in [-0.4, -0.2) is 41.2 Å². The lowest BCUT2D eigenvalue weighted by atomic mass is 10.2. The van der Waals surface area contributed by atoms with Crippen molar-refractivity contribution in [3.63, 3.8) is 0 Å². The number of para-hydroxylation sites is 3. The molecule has 0 aliphatic carbocycles. The molecule has 0 atom stereocenters. The summed E-state index contributed by atoms with van der Waals surface area (Å²) >= 11 is 0. The molecule has 0 radical (unpaired) electrons. The van der Waals surface area contributed by atoms with Crippen LogP contribution in [0.25, 0.3) is 27.6 Å². The Morgan fingerprint density at radius 3 is 2.75 bits per heavy atom. The number of hydrogen-bond donors (Lipinski definition) is 1. The van der Waals surface area contributed by atoms with Crippen molar-refractivity contribution in [1.82, 2.24) is 14.9 Å². The van der Waals surface area contributed by atoms with E-state index in [1.54, 1.807) is 0 Å². The Morgan fingerprint density at radius 1 is 1.04 bits per heavy atom.